The maximum absolute atomic E-state index is 12.2. The van der Waals surface area contributed by atoms with Gasteiger partial charge in [0.15, 0.2) is 0 Å². The third-order valence-electron chi connectivity index (χ3n) is 3.70. The molecule has 0 aromatic heterocycles. The zero-order valence-electron chi connectivity index (χ0n) is 14.2. The quantitative estimate of drug-likeness (QED) is 0.651. The number of anilines is 1. The average Bonchev–Trinajstić information content (AvgIpc) is 2.56. The Bertz CT molecular complexity index is 778. The number of amides is 1. The van der Waals surface area contributed by atoms with Crippen LogP contribution in [0.1, 0.15) is 22.3 Å². The number of hydrogen-bond acceptors (Lipinski definition) is 3. The Labute approximate surface area is 142 Å². The maximum atomic E-state index is 12.2. The fraction of sp³-hybridized carbons (Fsp3) is 0.200. The monoisotopic (exact) mass is 319 g/mol. The molecule has 0 bridgehead atoms. The Morgan fingerprint density at radius 1 is 1.12 bits per heavy atom. The SMILES string of the molecule is Cc1cc(C)c(N/C=C(/C#N)C(=O)NCc2ccccc2)c(C)c1. The van der Waals surface area contributed by atoms with Gasteiger partial charge in [-0.2, -0.15) is 5.26 Å². The number of rotatable bonds is 5. The highest BCUT2D eigenvalue weighted by Crippen LogP contribution is 2.22. The maximum Gasteiger partial charge on any atom is 0.263 e. The summed E-state index contributed by atoms with van der Waals surface area (Å²) < 4.78 is 0. The molecule has 0 aliphatic rings. The third-order valence-corrected chi connectivity index (χ3v) is 3.70. The van der Waals surface area contributed by atoms with E-state index in [0.29, 0.717) is 6.54 Å². The molecule has 0 atom stereocenters. The van der Waals surface area contributed by atoms with E-state index in [0.717, 1.165) is 22.4 Å². The molecule has 4 heteroatoms. The van der Waals surface area contributed by atoms with Crippen molar-refractivity contribution in [3.05, 3.63) is 76.5 Å². The third kappa shape index (κ3) is 4.47. The Morgan fingerprint density at radius 2 is 1.75 bits per heavy atom. The molecule has 1 amide bonds. The molecule has 0 aliphatic carbocycles. The average molecular weight is 319 g/mol. The van der Waals surface area contributed by atoms with Gasteiger partial charge >= 0.3 is 0 Å². The fourth-order valence-electron chi connectivity index (χ4n) is 2.57. The van der Waals surface area contributed by atoms with Gasteiger partial charge < -0.3 is 10.6 Å². The molecule has 2 N–H and O–H groups in total. The van der Waals surface area contributed by atoms with Crippen LogP contribution < -0.4 is 10.6 Å². The highest BCUT2D eigenvalue weighted by molar-refractivity contribution is 5.97. The molecule has 2 aromatic carbocycles. The van der Waals surface area contributed by atoms with E-state index in [-0.39, 0.29) is 5.57 Å². The van der Waals surface area contributed by atoms with Crippen molar-refractivity contribution in [2.24, 2.45) is 0 Å². The van der Waals surface area contributed by atoms with E-state index in [2.05, 4.69) is 22.8 Å². The summed E-state index contributed by atoms with van der Waals surface area (Å²) in [6, 6.07) is 15.7. The lowest BCUT2D eigenvalue weighted by Gasteiger charge is -2.11. The van der Waals surface area contributed by atoms with Crippen LogP contribution in [0.5, 0.6) is 0 Å². The van der Waals surface area contributed by atoms with Crippen molar-refractivity contribution < 1.29 is 4.79 Å². The highest BCUT2D eigenvalue weighted by atomic mass is 16.1. The van der Waals surface area contributed by atoms with E-state index in [9.17, 15) is 10.1 Å². The van der Waals surface area contributed by atoms with Crippen molar-refractivity contribution in [3.63, 3.8) is 0 Å². The number of nitriles is 1. The van der Waals surface area contributed by atoms with Crippen LogP contribution in [0.2, 0.25) is 0 Å². The van der Waals surface area contributed by atoms with Gasteiger partial charge in [0.25, 0.3) is 5.91 Å². The van der Waals surface area contributed by atoms with E-state index >= 15 is 0 Å². The predicted octanol–water partition coefficient (Wildman–Crippen LogP) is 3.75. The van der Waals surface area contributed by atoms with Gasteiger partial charge in [0, 0.05) is 18.4 Å². The highest BCUT2D eigenvalue weighted by Gasteiger charge is 2.09. The summed E-state index contributed by atoms with van der Waals surface area (Å²) in [5, 5.41) is 15.1. The van der Waals surface area contributed by atoms with Gasteiger partial charge in [-0.25, -0.2) is 0 Å². The van der Waals surface area contributed by atoms with Crippen LogP contribution in [0.4, 0.5) is 5.69 Å². The summed E-state index contributed by atoms with van der Waals surface area (Å²) >= 11 is 0. The molecular formula is C20H21N3O. The second-order valence-electron chi connectivity index (χ2n) is 5.76. The van der Waals surface area contributed by atoms with E-state index in [1.165, 1.54) is 11.8 Å². The first kappa shape index (κ1) is 17.3. The normalized spacial score (nSPS) is 10.8. The molecule has 2 rings (SSSR count). The summed E-state index contributed by atoms with van der Waals surface area (Å²) in [6.45, 7) is 6.42. The molecule has 0 saturated heterocycles. The molecular weight excluding hydrogens is 298 g/mol. The number of aryl methyl sites for hydroxylation is 3. The van der Waals surface area contributed by atoms with Crippen LogP contribution in [0.25, 0.3) is 0 Å². The van der Waals surface area contributed by atoms with Crippen molar-refractivity contribution in [2.75, 3.05) is 5.32 Å². The number of nitrogens with zero attached hydrogens (tertiary/aromatic N) is 1. The van der Waals surface area contributed by atoms with Crippen LogP contribution in [-0.4, -0.2) is 5.91 Å². The largest absolute Gasteiger partial charge is 0.360 e. The molecule has 24 heavy (non-hydrogen) atoms. The molecule has 0 spiro atoms. The Morgan fingerprint density at radius 3 is 2.33 bits per heavy atom. The predicted molar refractivity (Wildman–Crippen MR) is 96.3 cm³/mol. The molecule has 0 heterocycles. The lowest BCUT2D eigenvalue weighted by atomic mass is 10.1. The lowest BCUT2D eigenvalue weighted by molar-refractivity contribution is -0.117. The van der Waals surface area contributed by atoms with Gasteiger partial charge in [-0.3, -0.25) is 4.79 Å². The minimum atomic E-state index is -0.392. The molecule has 0 unspecified atom stereocenters. The molecule has 0 aliphatic heterocycles. The molecule has 122 valence electrons. The second-order valence-corrected chi connectivity index (χ2v) is 5.76. The summed E-state index contributed by atoms with van der Waals surface area (Å²) in [5.74, 6) is -0.392. The van der Waals surface area contributed by atoms with Gasteiger partial charge in [0.1, 0.15) is 11.6 Å². The Balaban J connectivity index is 2.07. The first-order valence-corrected chi connectivity index (χ1v) is 7.78. The van der Waals surface area contributed by atoms with Crippen LogP contribution in [0.3, 0.4) is 0 Å². The lowest BCUT2D eigenvalue weighted by Crippen LogP contribution is -2.24. The van der Waals surface area contributed by atoms with Gasteiger partial charge in [-0.15, -0.1) is 0 Å². The van der Waals surface area contributed by atoms with Crippen molar-refractivity contribution in [1.82, 2.24) is 5.32 Å². The smallest absolute Gasteiger partial charge is 0.263 e. The zero-order chi connectivity index (χ0) is 17.5. The van der Waals surface area contributed by atoms with E-state index < -0.39 is 5.91 Å². The first-order chi connectivity index (χ1) is 11.5. The van der Waals surface area contributed by atoms with Crippen LogP contribution in [-0.2, 0) is 11.3 Å². The molecule has 0 saturated carbocycles. The number of carbonyl (C=O) groups is 1. The van der Waals surface area contributed by atoms with Gasteiger partial charge in [0.2, 0.25) is 0 Å². The molecule has 4 nitrogen and oxygen atoms in total. The Hall–Kier alpha value is -3.06. The first-order valence-electron chi connectivity index (χ1n) is 7.78. The van der Waals surface area contributed by atoms with Crippen molar-refractivity contribution in [2.45, 2.75) is 27.3 Å². The summed E-state index contributed by atoms with van der Waals surface area (Å²) in [5.41, 5.74) is 5.29. The zero-order valence-corrected chi connectivity index (χ0v) is 14.2. The van der Waals surface area contributed by atoms with Gasteiger partial charge in [-0.1, -0.05) is 48.0 Å². The topological polar surface area (TPSA) is 64.9 Å². The number of hydrogen-bond donors (Lipinski definition) is 2. The summed E-state index contributed by atoms with van der Waals surface area (Å²) in [7, 11) is 0. The number of benzene rings is 2. The van der Waals surface area contributed by atoms with Crippen LogP contribution >= 0.6 is 0 Å². The molecule has 2 aromatic rings. The van der Waals surface area contributed by atoms with Crippen LogP contribution in [0.15, 0.2) is 54.2 Å². The minimum absolute atomic E-state index is 0.0466. The van der Waals surface area contributed by atoms with E-state index in [1.807, 2.05) is 57.2 Å². The van der Waals surface area contributed by atoms with Crippen molar-refractivity contribution in [3.8, 4) is 6.07 Å². The van der Waals surface area contributed by atoms with Crippen molar-refractivity contribution in [1.29, 1.82) is 5.26 Å². The van der Waals surface area contributed by atoms with Gasteiger partial charge in [0.05, 0.1) is 0 Å². The van der Waals surface area contributed by atoms with E-state index in [4.69, 9.17) is 0 Å². The Kier molecular flexibility index (Phi) is 5.75. The minimum Gasteiger partial charge on any atom is -0.360 e. The fourth-order valence-corrected chi connectivity index (χ4v) is 2.57. The molecule has 0 radical (unpaired) electrons. The number of nitrogens with one attached hydrogen (secondary N) is 2. The van der Waals surface area contributed by atoms with E-state index in [1.54, 1.807) is 0 Å². The van der Waals surface area contributed by atoms with Crippen molar-refractivity contribution >= 4 is 11.6 Å². The summed E-state index contributed by atoms with van der Waals surface area (Å²) in [6.07, 6.45) is 1.46. The van der Waals surface area contributed by atoms with Gasteiger partial charge in [-0.05, 0) is 37.5 Å². The number of carbonyl (C=O) groups excluding carboxylic acids is 1. The van der Waals surface area contributed by atoms with Crippen LogP contribution in [0, 0.1) is 32.1 Å². The summed E-state index contributed by atoms with van der Waals surface area (Å²) in [4.78, 5) is 12.2. The standard InChI is InChI=1S/C20H21N3O/c1-14-9-15(2)19(16(3)10-14)22-13-18(11-21)20(24)23-12-17-7-5-4-6-8-17/h4-10,13,22H,12H2,1-3H3,(H,23,24)/b18-13-. The molecule has 0 fully saturated rings. The second kappa shape index (κ2) is 7.98.